The van der Waals surface area contributed by atoms with Gasteiger partial charge in [-0.2, -0.15) is 18.3 Å². The van der Waals surface area contributed by atoms with Crippen LogP contribution in [0.15, 0.2) is 30.6 Å². The van der Waals surface area contributed by atoms with Crippen molar-refractivity contribution in [1.82, 2.24) is 9.78 Å². The molecule has 0 unspecified atom stereocenters. The summed E-state index contributed by atoms with van der Waals surface area (Å²) in [6.07, 6.45) is -1.97. The van der Waals surface area contributed by atoms with Crippen LogP contribution < -0.4 is 10.6 Å². The van der Waals surface area contributed by atoms with Crippen molar-refractivity contribution in [3.8, 4) is 0 Å². The van der Waals surface area contributed by atoms with E-state index < -0.39 is 29.3 Å². The largest absolute Gasteiger partial charge is 0.416 e. The topological polar surface area (TPSA) is 79.2 Å². The Bertz CT molecular complexity index is 700. The van der Waals surface area contributed by atoms with Crippen molar-refractivity contribution in [1.29, 1.82) is 0 Å². The van der Waals surface area contributed by atoms with Gasteiger partial charge in [0.05, 0.1) is 36.3 Å². The first-order valence-corrected chi connectivity index (χ1v) is 6.37. The van der Waals surface area contributed by atoms with Gasteiger partial charge in [0.25, 0.3) is 0 Å². The van der Waals surface area contributed by atoms with Gasteiger partial charge in [0.2, 0.25) is 0 Å². The molecule has 2 amide bonds. The van der Waals surface area contributed by atoms with E-state index in [0.29, 0.717) is 18.2 Å². The van der Waals surface area contributed by atoms with E-state index in [1.54, 1.807) is 0 Å². The number of aliphatic hydroxyl groups excluding tert-OH is 1. The number of nitrogens with one attached hydrogen (secondary N) is 2. The molecular formula is C13H12F4N4O2. The zero-order valence-electron chi connectivity index (χ0n) is 11.6. The molecule has 0 aliphatic heterocycles. The maximum atomic E-state index is 13.5. The Kier molecular flexibility index (Phi) is 4.84. The summed E-state index contributed by atoms with van der Waals surface area (Å²) >= 11 is 0. The van der Waals surface area contributed by atoms with E-state index in [9.17, 15) is 22.4 Å². The smallest absolute Gasteiger partial charge is 0.394 e. The van der Waals surface area contributed by atoms with Gasteiger partial charge in [-0.1, -0.05) is 0 Å². The number of anilines is 2. The van der Waals surface area contributed by atoms with Crippen LogP contribution >= 0.6 is 0 Å². The van der Waals surface area contributed by atoms with Gasteiger partial charge in [-0.05, 0) is 18.2 Å². The number of hydrogen-bond donors (Lipinski definition) is 3. The van der Waals surface area contributed by atoms with E-state index in [1.165, 1.54) is 17.1 Å². The summed E-state index contributed by atoms with van der Waals surface area (Å²) < 4.78 is 52.6. The summed E-state index contributed by atoms with van der Waals surface area (Å²) in [7, 11) is 0. The third kappa shape index (κ3) is 4.42. The second-order valence-corrected chi connectivity index (χ2v) is 4.49. The molecular weight excluding hydrogens is 320 g/mol. The zero-order chi connectivity index (χ0) is 17.0. The molecule has 6 nitrogen and oxygen atoms in total. The molecule has 1 heterocycles. The number of hydrogen-bond acceptors (Lipinski definition) is 3. The number of amides is 2. The summed E-state index contributed by atoms with van der Waals surface area (Å²) in [6.45, 7) is 0.0638. The van der Waals surface area contributed by atoms with Crippen molar-refractivity contribution in [3.05, 3.63) is 42.0 Å². The number of urea groups is 1. The highest BCUT2D eigenvalue weighted by Gasteiger charge is 2.31. The van der Waals surface area contributed by atoms with Crippen molar-refractivity contribution in [3.63, 3.8) is 0 Å². The molecule has 2 rings (SSSR count). The van der Waals surface area contributed by atoms with Crippen LogP contribution in [-0.2, 0) is 12.7 Å². The first kappa shape index (κ1) is 16.7. The molecule has 124 valence electrons. The zero-order valence-corrected chi connectivity index (χ0v) is 11.6. The fourth-order valence-electron chi connectivity index (χ4n) is 1.73. The van der Waals surface area contributed by atoms with Gasteiger partial charge in [0.1, 0.15) is 5.82 Å². The van der Waals surface area contributed by atoms with Crippen LogP contribution in [0.1, 0.15) is 5.56 Å². The maximum Gasteiger partial charge on any atom is 0.416 e. The Labute approximate surface area is 127 Å². The first-order valence-electron chi connectivity index (χ1n) is 6.37. The lowest BCUT2D eigenvalue weighted by molar-refractivity contribution is -0.137. The standard InChI is InChI=1S/C13H12F4N4O2/c14-10-2-1-8(13(15,16)17)5-11(10)20-12(23)19-9-6-18-21(7-9)3-4-22/h1-2,5-7,22H,3-4H2,(H2,19,20,23). The van der Waals surface area contributed by atoms with E-state index in [1.807, 2.05) is 5.32 Å². The van der Waals surface area contributed by atoms with Crippen LogP contribution in [0, 0.1) is 5.82 Å². The van der Waals surface area contributed by atoms with Crippen molar-refractivity contribution in [2.24, 2.45) is 0 Å². The molecule has 1 aromatic carbocycles. The van der Waals surface area contributed by atoms with Gasteiger partial charge in [-0.15, -0.1) is 0 Å². The molecule has 0 atom stereocenters. The van der Waals surface area contributed by atoms with Gasteiger partial charge in [0.15, 0.2) is 0 Å². The summed E-state index contributed by atoms with van der Waals surface area (Å²) in [6, 6.07) is 0.783. The molecule has 0 saturated carbocycles. The number of carbonyl (C=O) groups is 1. The number of nitrogens with zero attached hydrogens (tertiary/aromatic N) is 2. The molecule has 0 fully saturated rings. The van der Waals surface area contributed by atoms with Gasteiger partial charge in [-0.25, -0.2) is 9.18 Å². The molecule has 23 heavy (non-hydrogen) atoms. The predicted molar refractivity (Wildman–Crippen MR) is 73.4 cm³/mol. The highest BCUT2D eigenvalue weighted by atomic mass is 19.4. The summed E-state index contributed by atoms with van der Waals surface area (Å²) in [5.74, 6) is -0.996. The highest BCUT2D eigenvalue weighted by Crippen LogP contribution is 2.31. The lowest BCUT2D eigenvalue weighted by Crippen LogP contribution is -2.20. The molecule has 0 saturated heterocycles. The second kappa shape index (κ2) is 6.65. The molecule has 0 bridgehead atoms. The van der Waals surface area contributed by atoms with Gasteiger partial charge >= 0.3 is 12.2 Å². The monoisotopic (exact) mass is 332 g/mol. The lowest BCUT2D eigenvalue weighted by atomic mass is 10.2. The number of halogens is 4. The predicted octanol–water partition coefficient (Wildman–Crippen LogP) is 2.68. The Balaban J connectivity index is 2.07. The van der Waals surface area contributed by atoms with Crippen LogP contribution in [0.25, 0.3) is 0 Å². The maximum absolute atomic E-state index is 13.5. The Hall–Kier alpha value is -2.62. The molecule has 10 heteroatoms. The third-order valence-electron chi connectivity index (χ3n) is 2.76. The molecule has 1 aromatic heterocycles. The van der Waals surface area contributed by atoms with Crippen LogP contribution in [0.5, 0.6) is 0 Å². The second-order valence-electron chi connectivity index (χ2n) is 4.49. The molecule has 2 aromatic rings. The normalized spacial score (nSPS) is 11.3. The number of carbonyl (C=O) groups excluding carboxylic acids is 1. The minimum atomic E-state index is -4.65. The van der Waals surface area contributed by atoms with E-state index in [0.717, 1.165) is 0 Å². The van der Waals surface area contributed by atoms with Crippen LogP contribution in [0.3, 0.4) is 0 Å². The Morgan fingerprint density at radius 1 is 1.30 bits per heavy atom. The van der Waals surface area contributed by atoms with E-state index in [4.69, 9.17) is 5.11 Å². The first-order chi connectivity index (χ1) is 10.8. The van der Waals surface area contributed by atoms with Crippen LogP contribution in [0.4, 0.5) is 33.7 Å². The third-order valence-corrected chi connectivity index (χ3v) is 2.76. The van der Waals surface area contributed by atoms with Crippen LogP contribution in [0.2, 0.25) is 0 Å². The molecule has 3 N–H and O–H groups in total. The average molecular weight is 332 g/mol. The number of alkyl halides is 3. The van der Waals surface area contributed by atoms with Gasteiger partial charge in [0, 0.05) is 6.20 Å². The summed E-state index contributed by atoms with van der Waals surface area (Å²) in [4.78, 5) is 11.7. The minimum absolute atomic E-state index is 0.150. The fourth-order valence-corrected chi connectivity index (χ4v) is 1.73. The van der Waals surface area contributed by atoms with Gasteiger partial charge in [-0.3, -0.25) is 4.68 Å². The van der Waals surface area contributed by atoms with Gasteiger partial charge < -0.3 is 15.7 Å². The molecule has 0 aliphatic rings. The summed E-state index contributed by atoms with van der Waals surface area (Å²) in [5.41, 5.74) is -1.44. The number of rotatable bonds is 4. The average Bonchev–Trinajstić information content (AvgIpc) is 2.87. The Morgan fingerprint density at radius 3 is 2.70 bits per heavy atom. The number of aromatic nitrogens is 2. The highest BCUT2D eigenvalue weighted by molar-refractivity contribution is 5.99. The molecule has 0 aliphatic carbocycles. The van der Waals surface area contributed by atoms with E-state index in [-0.39, 0.29) is 18.8 Å². The van der Waals surface area contributed by atoms with E-state index >= 15 is 0 Å². The quantitative estimate of drug-likeness (QED) is 0.753. The summed E-state index contributed by atoms with van der Waals surface area (Å²) in [5, 5.41) is 16.8. The van der Waals surface area contributed by atoms with Crippen molar-refractivity contribution in [2.45, 2.75) is 12.7 Å². The molecule has 0 radical (unpaired) electrons. The Morgan fingerprint density at radius 2 is 2.04 bits per heavy atom. The SMILES string of the molecule is O=C(Nc1cnn(CCO)c1)Nc1cc(C(F)(F)F)ccc1F. The van der Waals surface area contributed by atoms with Crippen LogP contribution in [-0.4, -0.2) is 27.5 Å². The minimum Gasteiger partial charge on any atom is -0.394 e. The van der Waals surface area contributed by atoms with Crippen molar-refractivity contribution < 1.29 is 27.5 Å². The lowest BCUT2D eigenvalue weighted by Gasteiger charge is -2.11. The van der Waals surface area contributed by atoms with E-state index in [2.05, 4.69) is 10.4 Å². The number of benzene rings is 1. The van der Waals surface area contributed by atoms with Crippen molar-refractivity contribution in [2.75, 3.05) is 17.2 Å². The van der Waals surface area contributed by atoms with Crippen molar-refractivity contribution >= 4 is 17.4 Å². The number of aliphatic hydroxyl groups is 1. The fraction of sp³-hybridized carbons (Fsp3) is 0.231. The molecule has 0 spiro atoms.